The summed E-state index contributed by atoms with van der Waals surface area (Å²) in [6.45, 7) is -3.19. The van der Waals surface area contributed by atoms with E-state index in [4.69, 9.17) is 0 Å². The second-order valence-corrected chi connectivity index (χ2v) is 6.14. The van der Waals surface area contributed by atoms with Crippen molar-refractivity contribution in [3.63, 3.8) is 0 Å². The van der Waals surface area contributed by atoms with Crippen molar-refractivity contribution in [1.82, 2.24) is 0 Å². The van der Waals surface area contributed by atoms with Crippen LogP contribution in [-0.2, 0) is 4.79 Å². The van der Waals surface area contributed by atoms with Crippen LogP contribution in [0.25, 0.3) is 0 Å². The number of carbonyl (C=O) groups excluding carboxylic acids is 2. The molecule has 0 saturated carbocycles. The summed E-state index contributed by atoms with van der Waals surface area (Å²) in [6, 6.07) is 21.6. The van der Waals surface area contributed by atoms with E-state index in [0.29, 0.717) is 16.9 Å². The van der Waals surface area contributed by atoms with Gasteiger partial charge in [0.05, 0.1) is 17.8 Å². The van der Waals surface area contributed by atoms with Crippen molar-refractivity contribution in [1.29, 1.82) is 0 Å². The molecule has 2 amide bonds. The van der Waals surface area contributed by atoms with Crippen molar-refractivity contribution in [2.45, 2.75) is 6.61 Å². The Balaban J connectivity index is 1.64. The van der Waals surface area contributed by atoms with Crippen LogP contribution in [0.4, 0.5) is 25.8 Å². The van der Waals surface area contributed by atoms with Crippen LogP contribution in [0.5, 0.6) is 5.75 Å². The smallest absolute Gasteiger partial charge is 0.387 e. The third kappa shape index (κ3) is 5.78. The van der Waals surface area contributed by atoms with Crippen LogP contribution >= 0.6 is 0 Å². The Morgan fingerprint density at radius 3 is 2.17 bits per heavy atom. The normalized spacial score (nSPS) is 10.4. The van der Waals surface area contributed by atoms with E-state index in [0.717, 1.165) is 0 Å². The van der Waals surface area contributed by atoms with Crippen LogP contribution in [0.1, 0.15) is 10.4 Å². The summed E-state index contributed by atoms with van der Waals surface area (Å²) in [6.07, 6.45) is 0. The summed E-state index contributed by atoms with van der Waals surface area (Å²) in [5.41, 5.74) is 1.58. The lowest BCUT2D eigenvalue weighted by Gasteiger charge is -2.14. The minimum absolute atomic E-state index is 0.125. The fourth-order valence-electron chi connectivity index (χ4n) is 2.69. The van der Waals surface area contributed by atoms with Crippen LogP contribution in [0.2, 0.25) is 0 Å². The molecule has 3 aromatic rings. The monoisotopic (exact) mass is 411 g/mol. The fourth-order valence-corrected chi connectivity index (χ4v) is 2.69. The van der Waals surface area contributed by atoms with Gasteiger partial charge in [-0.2, -0.15) is 8.78 Å². The maximum Gasteiger partial charge on any atom is 0.387 e. The minimum atomic E-state index is -3.00. The molecule has 0 atom stereocenters. The standard InChI is InChI=1S/C22H19F2N3O3/c23-22(24)30-19-13-7-6-12-18(19)27-20(28)14-25-17-11-5-4-10-16(17)21(29)26-15-8-2-1-3-9-15/h1-13,22,25H,14H2,(H,26,29)(H,27,28). The van der Waals surface area contributed by atoms with Crippen molar-refractivity contribution in [3.05, 3.63) is 84.4 Å². The van der Waals surface area contributed by atoms with Gasteiger partial charge in [-0.1, -0.05) is 42.5 Å². The topological polar surface area (TPSA) is 79.5 Å². The Morgan fingerprint density at radius 1 is 0.800 bits per heavy atom. The average molecular weight is 411 g/mol. The molecule has 0 heterocycles. The lowest BCUT2D eigenvalue weighted by Crippen LogP contribution is -2.23. The van der Waals surface area contributed by atoms with Gasteiger partial charge >= 0.3 is 6.61 Å². The van der Waals surface area contributed by atoms with E-state index in [1.165, 1.54) is 18.2 Å². The molecular weight excluding hydrogens is 392 g/mol. The molecule has 3 N–H and O–H groups in total. The van der Waals surface area contributed by atoms with Crippen molar-refractivity contribution >= 4 is 28.9 Å². The molecule has 3 aromatic carbocycles. The number of benzene rings is 3. The molecule has 30 heavy (non-hydrogen) atoms. The number of hydrogen-bond acceptors (Lipinski definition) is 4. The Bertz CT molecular complexity index is 1010. The zero-order chi connectivity index (χ0) is 21.3. The van der Waals surface area contributed by atoms with E-state index in [1.807, 2.05) is 6.07 Å². The first kappa shape index (κ1) is 20.8. The first-order valence-electron chi connectivity index (χ1n) is 9.06. The van der Waals surface area contributed by atoms with Gasteiger partial charge in [0.15, 0.2) is 0 Å². The lowest BCUT2D eigenvalue weighted by molar-refractivity contribution is -0.114. The highest BCUT2D eigenvalue weighted by molar-refractivity contribution is 6.08. The van der Waals surface area contributed by atoms with Crippen molar-refractivity contribution in [3.8, 4) is 5.75 Å². The van der Waals surface area contributed by atoms with E-state index in [1.54, 1.807) is 54.6 Å². The zero-order valence-electron chi connectivity index (χ0n) is 15.8. The molecule has 0 bridgehead atoms. The molecule has 8 heteroatoms. The SMILES string of the molecule is O=C(CNc1ccccc1C(=O)Nc1ccccc1)Nc1ccccc1OC(F)F. The molecule has 0 radical (unpaired) electrons. The number of amides is 2. The molecule has 0 aliphatic rings. The molecule has 0 aromatic heterocycles. The maximum absolute atomic E-state index is 12.6. The Morgan fingerprint density at radius 2 is 1.43 bits per heavy atom. The van der Waals surface area contributed by atoms with Crippen LogP contribution in [0.3, 0.4) is 0 Å². The number of ether oxygens (including phenoxy) is 1. The number of para-hydroxylation sites is 4. The van der Waals surface area contributed by atoms with E-state index >= 15 is 0 Å². The molecule has 154 valence electrons. The minimum Gasteiger partial charge on any atom is -0.433 e. The van der Waals surface area contributed by atoms with Crippen LogP contribution in [-0.4, -0.2) is 25.0 Å². The molecule has 0 aliphatic heterocycles. The number of anilines is 3. The summed E-state index contributed by atoms with van der Waals surface area (Å²) in [5, 5.41) is 8.20. The second kappa shape index (κ2) is 10.0. The molecule has 0 aliphatic carbocycles. The number of carbonyl (C=O) groups is 2. The van der Waals surface area contributed by atoms with Gasteiger partial charge in [-0.3, -0.25) is 9.59 Å². The number of nitrogens with one attached hydrogen (secondary N) is 3. The first-order valence-corrected chi connectivity index (χ1v) is 9.06. The third-order valence-electron chi connectivity index (χ3n) is 4.02. The number of alkyl halides is 2. The van der Waals surface area contributed by atoms with Gasteiger partial charge in [-0.15, -0.1) is 0 Å². The summed E-state index contributed by atoms with van der Waals surface area (Å²) in [4.78, 5) is 24.9. The fraction of sp³-hybridized carbons (Fsp3) is 0.0909. The Kier molecular flexibility index (Phi) is 6.94. The summed E-state index contributed by atoms with van der Waals surface area (Å²) < 4.78 is 29.4. The van der Waals surface area contributed by atoms with Crippen molar-refractivity contribution in [2.24, 2.45) is 0 Å². The van der Waals surface area contributed by atoms with Crippen LogP contribution in [0, 0.1) is 0 Å². The highest BCUT2D eigenvalue weighted by Gasteiger charge is 2.14. The predicted octanol–water partition coefficient (Wildman–Crippen LogP) is 4.59. The Labute approximate surface area is 171 Å². The van der Waals surface area contributed by atoms with Crippen molar-refractivity contribution in [2.75, 3.05) is 22.5 Å². The second-order valence-electron chi connectivity index (χ2n) is 6.14. The highest BCUT2D eigenvalue weighted by atomic mass is 19.3. The van der Waals surface area contributed by atoms with Gasteiger partial charge in [0.2, 0.25) is 5.91 Å². The third-order valence-corrected chi connectivity index (χ3v) is 4.02. The first-order chi connectivity index (χ1) is 14.5. The summed E-state index contributed by atoms with van der Waals surface area (Å²) in [5.74, 6) is -0.956. The average Bonchev–Trinajstić information content (AvgIpc) is 2.74. The van der Waals surface area contributed by atoms with E-state index < -0.39 is 12.5 Å². The number of hydrogen-bond donors (Lipinski definition) is 3. The highest BCUT2D eigenvalue weighted by Crippen LogP contribution is 2.25. The van der Waals surface area contributed by atoms with Crippen LogP contribution < -0.4 is 20.7 Å². The number of halogens is 2. The van der Waals surface area contributed by atoms with Gasteiger partial charge in [0.1, 0.15) is 5.75 Å². The molecule has 6 nitrogen and oxygen atoms in total. The largest absolute Gasteiger partial charge is 0.433 e. The summed E-state index contributed by atoms with van der Waals surface area (Å²) in [7, 11) is 0. The van der Waals surface area contributed by atoms with Crippen molar-refractivity contribution < 1.29 is 23.1 Å². The van der Waals surface area contributed by atoms with Gasteiger partial charge < -0.3 is 20.7 Å². The Hall–Kier alpha value is -3.94. The molecule has 0 saturated heterocycles. The molecule has 0 fully saturated rings. The van der Waals surface area contributed by atoms with Crippen LogP contribution in [0.15, 0.2) is 78.9 Å². The zero-order valence-corrected chi connectivity index (χ0v) is 15.8. The van der Waals surface area contributed by atoms with Gasteiger partial charge in [-0.05, 0) is 36.4 Å². The van der Waals surface area contributed by atoms with E-state index in [9.17, 15) is 18.4 Å². The molecular formula is C22H19F2N3O3. The van der Waals surface area contributed by atoms with Gasteiger partial charge in [0.25, 0.3) is 5.91 Å². The number of rotatable bonds is 8. The van der Waals surface area contributed by atoms with E-state index in [-0.39, 0.29) is 23.9 Å². The lowest BCUT2D eigenvalue weighted by atomic mass is 10.1. The predicted molar refractivity (Wildman–Crippen MR) is 111 cm³/mol. The van der Waals surface area contributed by atoms with E-state index in [2.05, 4.69) is 20.7 Å². The molecule has 0 spiro atoms. The summed E-state index contributed by atoms with van der Waals surface area (Å²) >= 11 is 0. The molecule has 3 rings (SSSR count). The van der Waals surface area contributed by atoms with Gasteiger partial charge in [0, 0.05) is 11.4 Å². The van der Waals surface area contributed by atoms with Gasteiger partial charge in [-0.25, -0.2) is 0 Å². The molecule has 0 unspecified atom stereocenters. The quantitative estimate of drug-likeness (QED) is 0.507. The maximum atomic E-state index is 12.6.